The summed E-state index contributed by atoms with van der Waals surface area (Å²) >= 11 is 0.663. The molecule has 7 nitrogen and oxygen atoms in total. The van der Waals surface area contributed by atoms with Crippen LogP contribution in [-0.4, -0.2) is 57.1 Å². The van der Waals surface area contributed by atoms with E-state index < -0.39 is 29.1 Å². The highest BCUT2D eigenvalue weighted by Crippen LogP contribution is 2.42. The molecule has 0 aliphatic carbocycles. The van der Waals surface area contributed by atoms with Crippen molar-refractivity contribution in [1.82, 2.24) is 20.2 Å². The van der Waals surface area contributed by atoms with Gasteiger partial charge in [0.2, 0.25) is 11.5 Å². The van der Waals surface area contributed by atoms with Crippen LogP contribution in [0.1, 0.15) is 40.3 Å². The van der Waals surface area contributed by atoms with Crippen molar-refractivity contribution in [1.29, 1.82) is 0 Å². The Kier molecular flexibility index (Phi) is 6.41. The summed E-state index contributed by atoms with van der Waals surface area (Å²) in [4.78, 5) is 34.0. The number of rotatable bonds is 5. The minimum atomic E-state index is -5.05. The summed E-state index contributed by atoms with van der Waals surface area (Å²) in [6.07, 6.45) is -2.36. The molecule has 2 aromatic heterocycles. The van der Waals surface area contributed by atoms with Gasteiger partial charge in [-0.2, -0.15) is 13.2 Å². The van der Waals surface area contributed by atoms with Crippen molar-refractivity contribution in [2.75, 3.05) is 13.1 Å². The molecule has 0 saturated carbocycles. The second kappa shape index (κ2) is 8.68. The van der Waals surface area contributed by atoms with Gasteiger partial charge < -0.3 is 15.3 Å². The molecule has 2 amide bonds. The number of likely N-dealkylation sites (tertiary alicyclic amines) is 1. The van der Waals surface area contributed by atoms with Gasteiger partial charge in [0.25, 0.3) is 5.91 Å². The fraction of sp³-hybridized carbons (Fsp3) is 0.474. The molecule has 3 heterocycles. The fourth-order valence-electron chi connectivity index (χ4n) is 3.26. The van der Waals surface area contributed by atoms with E-state index >= 15 is 0 Å². The van der Waals surface area contributed by atoms with Crippen LogP contribution in [0.15, 0.2) is 29.9 Å². The first-order valence-corrected chi connectivity index (χ1v) is 10.2. The second-order valence-corrected chi connectivity index (χ2v) is 8.06. The number of carbonyl (C=O) groups is 2. The monoisotopic (exact) mass is 442 g/mol. The predicted molar refractivity (Wildman–Crippen MR) is 103 cm³/mol. The number of halogens is 3. The molecule has 30 heavy (non-hydrogen) atoms. The van der Waals surface area contributed by atoms with Crippen molar-refractivity contribution in [3.63, 3.8) is 0 Å². The average molecular weight is 442 g/mol. The topological polar surface area (TPSA) is 95.4 Å². The van der Waals surface area contributed by atoms with E-state index in [4.69, 9.17) is 0 Å². The average Bonchev–Trinajstić information content (AvgIpc) is 3.14. The first-order chi connectivity index (χ1) is 14.1. The Balaban J connectivity index is 1.58. The number of alkyl halides is 3. The molecule has 1 saturated heterocycles. The minimum Gasteiger partial charge on any atom is -0.374 e. The van der Waals surface area contributed by atoms with Crippen LogP contribution in [0.5, 0.6) is 0 Å². The summed E-state index contributed by atoms with van der Waals surface area (Å²) in [7, 11) is 0. The highest BCUT2D eigenvalue weighted by atomic mass is 32.1. The summed E-state index contributed by atoms with van der Waals surface area (Å²) in [6, 6.07) is 2.83. The van der Waals surface area contributed by atoms with Gasteiger partial charge in [-0.05, 0) is 31.9 Å². The molecule has 2 N–H and O–H groups in total. The number of aliphatic hydroxyl groups is 1. The fourth-order valence-corrected chi connectivity index (χ4v) is 4.17. The van der Waals surface area contributed by atoms with Gasteiger partial charge in [-0.3, -0.25) is 14.6 Å². The summed E-state index contributed by atoms with van der Waals surface area (Å²) < 4.78 is 40.6. The largest absolute Gasteiger partial charge is 0.424 e. The van der Waals surface area contributed by atoms with E-state index in [1.807, 2.05) is 0 Å². The smallest absolute Gasteiger partial charge is 0.374 e. The number of thiazole rings is 1. The van der Waals surface area contributed by atoms with Gasteiger partial charge in [0.15, 0.2) is 0 Å². The van der Waals surface area contributed by atoms with Crippen molar-refractivity contribution >= 4 is 23.2 Å². The molecule has 162 valence electrons. The molecule has 2 aromatic rings. The maximum atomic E-state index is 13.5. The van der Waals surface area contributed by atoms with E-state index in [1.54, 1.807) is 17.0 Å². The van der Waals surface area contributed by atoms with Gasteiger partial charge in [-0.15, -0.1) is 11.3 Å². The Morgan fingerprint density at radius 3 is 2.43 bits per heavy atom. The molecule has 0 spiro atoms. The molecular formula is C19H21F3N4O3S. The number of piperidine rings is 1. The molecule has 1 aliphatic heterocycles. The van der Waals surface area contributed by atoms with Crippen molar-refractivity contribution < 1.29 is 27.9 Å². The Hall–Kier alpha value is -2.53. The van der Waals surface area contributed by atoms with Gasteiger partial charge in [0.1, 0.15) is 5.01 Å². The lowest BCUT2D eigenvalue weighted by Crippen LogP contribution is -2.50. The number of pyridine rings is 1. The number of aromatic nitrogens is 2. The minimum absolute atomic E-state index is 0.159. The lowest BCUT2D eigenvalue weighted by molar-refractivity contribution is -0.267. The third kappa shape index (κ3) is 4.78. The molecule has 0 aromatic carbocycles. The molecule has 0 bridgehead atoms. The first-order valence-electron chi connectivity index (χ1n) is 9.30. The summed E-state index contributed by atoms with van der Waals surface area (Å²) in [5.41, 5.74) is -2.50. The van der Waals surface area contributed by atoms with Crippen LogP contribution in [0, 0.1) is 6.92 Å². The van der Waals surface area contributed by atoms with Crippen molar-refractivity contribution in [3.8, 4) is 0 Å². The zero-order valence-corrected chi connectivity index (χ0v) is 17.0. The van der Waals surface area contributed by atoms with Gasteiger partial charge in [-0.1, -0.05) is 0 Å². The number of hydrogen-bond acceptors (Lipinski definition) is 6. The summed E-state index contributed by atoms with van der Waals surface area (Å²) in [5.74, 6) is -1.07. The Bertz CT molecular complexity index is 898. The predicted octanol–water partition coefficient (Wildman–Crippen LogP) is 2.41. The number of hydrogen-bond donors (Lipinski definition) is 2. The first kappa shape index (κ1) is 22.2. The molecular weight excluding hydrogens is 421 g/mol. The highest BCUT2D eigenvalue weighted by Gasteiger charge is 2.58. The van der Waals surface area contributed by atoms with Crippen LogP contribution in [0.2, 0.25) is 0 Å². The lowest BCUT2D eigenvalue weighted by atomic mass is 9.98. The number of carbonyl (C=O) groups excluding carboxylic acids is 2. The zero-order chi connectivity index (χ0) is 21.9. The SMILES string of the molecule is Cc1csc(C(O)(CC(=O)NC2CCN(C(=O)c3ccncc3)CC2)C(F)(F)F)n1. The van der Waals surface area contributed by atoms with E-state index in [9.17, 15) is 27.9 Å². The molecule has 1 aliphatic rings. The number of aryl methyl sites for hydroxylation is 1. The maximum Gasteiger partial charge on any atom is 0.424 e. The lowest BCUT2D eigenvalue weighted by Gasteiger charge is -2.33. The van der Waals surface area contributed by atoms with Crippen molar-refractivity contribution in [2.45, 2.75) is 44.0 Å². The quantitative estimate of drug-likeness (QED) is 0.742. The third-order valence-corrected chi connectivity index (χ3v) is 6.04. The number of nitrogens with zero attached hydrogens (tertiary/aromatic N) is 3. The van der Waals surface area contributed by atoms with E-state index in [-0.39, 0.29) is 11.9 Å². The molecule has 0 radical (unpaired) electrons. The zero-order valence-electron chi connectivity index (χ0n) is 16.1. The maximum absolute atomic E-state index is 13.5. The number of nitrogens with one attached hydrogen (secondary N) is 1. The summed E-state index contributed by atoms with van der Waals surface area (Å²) in [6.45, 7) is 2.24. The second-order valence-electron chi connectivity index (χ2n) is 7.20. The van der Waals surface area contributed by atoms with Crippen LogP contribution in [0.3, 0.4) is 0 Å². The van der Waals surface area contributed by atoms with Gasteiger partial charge in [0.05, 0.1) is 6.42 Å². The Morgan fingerprint density at radius 1 is 1.27 bits per heavy atom. The molecule has 3 rings (SSSR count). The van der Waals surface area contributed by atoms with Crippen LogP contribution < -0.4 is 5.32 Å². The van der Waals surface area contributed by atoms with Crippen LogP contribution in [-0.2, 0) is 10.4 Å². The molecule has 11 heteroatoms. The van der Waals surface area contributed by atoms with E-state index in [0.29, 0.717) is 48.5 Å². The highest BCUT2D eigenvalue weighted by molar-refractivity contribution is 7.09. The van der Waals surface area contributed by atoms with Crippen molar-refractivity contribution in [2.24, 2.45) is 0 Å². The normalized spacial score (nSPS) is 17.4. The van der Waals surface area contributed by atoms with Gasteiger partial charge in [-0.25, -0.2) is 4.98 Å². The Labute approximate surface area is 175 Å². The van der Waals surface area contributed by atoms with Crippen LogP contribution in [0.25, 0.3) is 0 Å². The van der Waals surface area contributed by atoms with E-state index in [0.717, 1.165) is 0 Å². The van der Waals surface area contributed by atoms with Gasteiger partial charge in [0, 0.05) is 48.2 Å². The standard InChI is InChI=1S/C19H21F3N4O3S/c1-12-11-30-17(24-12)18(29,19(20,21)22)10-15(27)25-14-4-8-26(9-5-14)16(28)13-2-6-23-7-3-13/h2-3,6-7,11,14,29H,4-5,8-10H2,1H3,(H,25,27). The molecule has 1 fully saturated rings. The van der Waals surface area contributed by atoms with Crippen LogP contribution in [0.4, 0.5) is 13.2 Å². The van der Waals surface area contributed by atoms with E-state index in [2.05, 4.69) is 15.3 Å². The Morgan fingerprint density at radius 2 is 1.90 bits per heavy atom. The molecule has 1 atom stereocenters. The number of amides is 2. The van der Waals surface area contributed by atoms with Crippen LogP contribution >= 0.6 is 11.3 Å². The van der Waals surface area contributed by atoms with Crippen molar-refractivity contribution in [3.05, 3.63) is 46.2 Å². The third-order valence-electron chi connectivity index (χ3n) is 4.93. The summed E-state index contributed by atoms with van der Waals surface area (Å²) in [5, 5.41) is 13.7. The molecule has 1 unspecified atom stereocenters. The van der Waals surface area contributed by atoms with E-state index in [1.165, 1.54) is 24.7 Å². The van der Waals surface area contributed by atoms with Gasteiger partial charge >= 0.3 is 6.18 Å².